The highest BCUT2D eigenvalue weighted by Gasteiger charge is 2.13. The fourth-order valence-corrected chi connectivity index (χ4v) is 2.37. The maximum absolute atomic E-state index is 12.9. The lowest BCUT2D eigenvalue weighted by Crippen LogP contribution is -2.09. The molecule has 0 unspecified atom stereocenters. The molecule has 0 fully saturated rings. The van der Waals surface area contributed by atoms with Gasteiger partial charge in [-0.3, -0.25) is 0 Å². The molecule has 5 heteroatoms. The normalized spacial score (nSPS) is 10.2. The van der Waals surface area contributed by atoms with Gasteiger partial charge in [-0.2, -0.15) is 0 Å². The van der Waals surface area contributed by atoms with Crippen molar-refractivity contribution in [2.45, 2.75) is 0 Å². The molecule has 0 atom stereocenters. The zero-order valence-electron chi connectivity index (χ0n) is 8.99. The summed E-state index contributed by atoms with van der Waals surface area (Å²) in [5.74, 6) is -0.473. The molecule has 0 radical (unpaired) electrons. The van der Waals surface area contributed by atoms with Crippen LogP contribution in [0.25, 0.3) is 0 Å². The van der Waals surface area contributed by atoms with Gasteiger partial charge < -0.3 is 4.74 Å². The quantitative estimate of drug-likeness (QED) is 0.408. The van der Waals surface area contributed by atoms with Crippen molar-refractivity contribution >= 4 is 44.5 Å². The van der Waals surface area contributed by atoms with Crippen LogP contribution in [0.1, 0.15) is 10.4 Å². The molecule has 0 aromatic heterocycles. The zero-order chi connectivity index (χ0) is 13.1. The number of carbonyl (C=O) groups is 1. The Kier molecular flexibility index (Phi) is 4.34. The first-order valence-corrected chi connectivity index (χ1v) is 6.86. The van der Waals surface area contributed by atoms with Gasteiger partial charge >= 0.3 is 5.97 Å². The standard InChI is InChI=1S/C13H7BrFIO2/c14-12-6-8(15)4-5-11(12)13(17)18-10-3-1-2-9(16)7-10/h1-7H. The summed E-state index contributed by atoms with van der Waals surface area (Å²) in [7, 11) is 0. The Hall–Kier alpha value is -0.950. The van der Waals surface area contributed by atoms with Crippen molar-refractivity contribution < 1.29 is 13.9 Å². The minimum atomic E-state index is -0.524. The van der Waals surface area contributed by atoms with Gasteiger partial charge in [0, 0.05) is 8.04 Å². The highest BCUT2D eigenvalue weighted by atomic mass is 127. The van der Waals surface area contributed by atoms with E-state index in [9.17, 15) is 9.18 Å². The summed E-state index contributed by atoms with van der Waals surface area (Å²) in [6.45, 7) is 0. The maximum Gasteiger partial charge on any atom is 0.344 e. The molecule has 2 aromatic carbocycles. The van der Waals surface area contributed by atoms with Crippen molar-refractivity contribution in [1.29, 1.82) is 0 Å². The van der Waals surface area contributed by atoms with Gasteiger partial charge in [-0.15, -0.1) is 0 Å². The molecule has 0 N–H and O–H groups in total. The monoisotopic (exact) mass is 420 g/mol. The van der Waals surface area contributed by atoms with E-state index in [2.05, 4.69) is 38.5 Å². The Balaban J connectivity index is 2.22. The van der Waals surface area contributed by atoms with Gasteiger partial charge in [0.05, 0.1) is 5.56 Å². The summed E-state index contributed by atoms with van der Waals surface area (Å²) in [5.41, 5.74) is 0.287. The van der Waals surface area contributed by atoms with Crippen LogP contribution in [0.4, 0.5) is 4.39 Å². The van der Waals surface area contributed by atoms with E-state index in [4.69, 9.17) is 4.74 Å². The number of ether oxygens (including phenoxy) is 1. The second-order valence-electron chi connectivity index (χ2n) is 3.47. The van der Waals surface area contributed by atoms with E-state index in [1.165, 1.54) is 18.2 Å². The Morgan fingerprint density at radius 3 is 2.67 bits per heavy atom. The molecule has 2 rings (SSSR count). The first kappa shape index (κ1) is 13.5. The van der Waals surface area contributed by atoms with E-state index in [1.807, 2.05) is 6.07 Å². The number of hydrogen-bond donors (Lipinski definition) is 0. The molecule has 0 saturated heterocycles. The fraction of sp³-hybridized carbons (Fsp3) is 0. The Bertz CT molecular complexity index is 601. The molecule has 2 nitrogen and oxygen atoms in total. The van der Waals surface area contributed by atoms with Crippen molar-refractivity contribution in [2.75, 3.05) is 0 Å². The average molecular weight is 421 g/mol. The zero-order valence-corrected chi connectivity index (χ0v) is 12.7. The lowest BCUT2D eigenvalue weighted by Gasteiger charge is -2.06. The predicted octanol–water partition coefficient (Wildman–Crippen LogP) is 4.41. The molecule has 0 aliphatic rings. The summed E-state index contributed by atoms with van der Waals surface area (Å²) in [6, 6.07) is 11.0. The van der Waals surface area contributed by atoms with Gasteiger partial charge in [-0.25, -0.2) is 9.18 Å². The minimum Gasteiger partial charge on any atom is -0.423 e. The van der Waals surface area contributed by atoms with E-state index < -0.39 is 11.8 Å². The van der Waals surface area contributed by atoms with Gasteiger partial charge in [-0.1, -0.05) is 6.07 Å². The number of halogens is 3. The molecular formula is C13H7BrFIO2. The van der Waals surface area contributed by atoms with Crippen LogP contribution in [0.5, 0.6) is 5.75 Å². The van der Waals surface area contributed by atoms with Crippen molar-refractivity contribution in [1.82, 2.24) is 0 Å². The number of rotatable bonds is 2. The molecule has 0 aliphatic heterocycles. The highest BCUT2D eigenvalue weighted by Crippen LogP contribution is 2.21. The van der Waals surface area contributed by atoms with Crippen LogP contribution in [0.15, 0.2) is 46.9 Å². The van der Waals surface area contributed by atoms with Crippen LogP contribution in [0.2, 0.25) is 0 Å². The summed E-state index contributed by atoms with van der Waals surface area (Å²) >= 11 is 5.26. The topological polar surface area (TPSA) is 26.3 Å². The van der Waals surface area contributed by atoms with Crippen molar-refractivity contribution in [3.8, 4) is 5.75 Å². The van der Waals surface area contributed by atoms with E-state index in [-0.39, 0.29) is 5.56 Å². The molecule has 0 spiro atoms. The Labute approximate surface area is 125 Å². The lowest BCUT2D eigenvalue weighted by molar-refractivity contribution is 0.0733. The third-order valence-corrected chi connectivity index (χ3v) is 3.48. The van der Waals surface area contributed by atoms with Crippen molar-refractivity contribution in [2.24, 2.45) is 0 Å². The third-order valence-electron chi connectivity index (χ3n) is 2.16. The molecule has 0 aliphatic carbocycles. The van der Waals surface area contributed by atoms with Gasteiger partial charge in [0.25, 0.3) is 0 Å². The van der Waals surface area contributed by atoms with E-state index in [0.29, 0.717) is 10.2 Å². The van der Waals surface area contributed by atoms with E-state index >= 15 is 0 Å². The number of hydrogen-bond acceptors (Lipinski definition) is 2. The summed E-state index contributed by atoms with van der Waals surface area (Å²) in [6.07, 6.45) is 0. The molecule has 92 valence electrons. The summed E-state index contributed by atoms with van der Waals surface area (Å²) < 4.78 is 19.5. The average Bonchev–Trinajstić information content (AvgIpc) is 2.28. The van der Waals surface area contributed by atoms with Crippen LogP contribution in [0.3, 0.4) is 0 Å². The first-order valence-electron chi connectivity index (χ1n) is 4.99. The van der Waals surface area contributed by atoms with Crippen molar-refractivity contribution in [3.05, 3.63) is 61.9 Å². The summed E-state index contributed by atoms with van der Waals surface area (Å²) in [5, 5.41) is 0. The van der Waals surface area contributed by atoms with Crippen LogP contribution in [0, 0.1) is 9.39 Å². The largest absolute Gasteiger partial charge is 0.423 e. The predicted molar refractivity (Wildman–Crippen MR) is 78.2 cm³/mol. The lowest BCUT2D eigenvalue weighted by atomic mass is 10.2. The van der Waals surface area contributed by atoms with Crippen LogP contribution >= 0.6 is 38.5 Å². The molecule has 0 saturated carbocycles. The van der Waals surface area contributed by atoms with Gasteiger partial charge in [-0.05, 0) is 74.9 Å². The van der Waals surface area contributed by atoms with Crippen LogP contribution in [-0.4, -0.2) is 5.97 Å². The second-order valence-corrected chi connectivity index (χ2v) is 5.57. The van der Waals surface area contributed by atoms with Crippen LogP contribution in [-0.2, 0) is 0 Å². The molecule has 0 heterocycles. The number of carbonyl (C=O) groups excluding carboxylic acids is 1. The fourth-order valence-electron chi connectivity index (χ4n) is 1.35. The number of esters is 1. The van der Waals surface area contributed by atoms with Crippen molar-refractivity contribution in [3.63, 3.8) is 0 Å². The SMILES string of the molecule is O=C(Oc1cccc(I)c1)c1ccc(F)cc1Br. The maximum atomic E-state index is 12.9. The molecule has 18 heavy (non-hydrogen) atoms. The van der Waals surface area contributed by atoms with E-state index in [0.717, 1.165) is 3.57 Å². The van der Waals surface area contributed by atoms with Gasteiger partial charge in [0.2, 0.25) is 0 Å². The molecular weight excluding hydrogens is 414 g/mol. The molecule has 0 amide bonds. The third kappa shape index (κ3) is 3.29. The van der Waals surface area contributed by atoms with Gasteiger partial charge in [0.15, 0.2) is 0 Å². The summed E-state index contributed by atoms with van der Waals surface area (Å²) in [4.78, 5) is 11.9. The smallest absolute Gasteiger partial charge is 0.344 e. The molecule has 2 aromatic rings. The first-order chi connectivity index (χ1) is 8.56. The molecule has 0 bridgehead atoms. The number of benzene rings is 2. The Morgan fingerprint density at radius 1 is 1.22 bits per heavy atom. The second kappa shape index (κ2) is 5.79. The van der Waals surface area contributed by atoms with E-state index in [1.54, 1.807) is 18.2 Å². The highest BCUT2D eigenvalue weighted by molar-refractivity contribution is 14.1. The minimum absolute atomic E-state index is 0.287. The Morgan fingerprint density at radius 2 is 2.00 bits per heavy atom. The van der Waals surface area contributed by atoms with Gasteiger partial charge in [0.1, 0.15) is 11.6 Å². The van der Waals surface area contributed by atoms with Crippen LogP contribution < -0.4 is 4.74 Å².